The zero-order chi connectivity index (χ0) is 15.8. The molecule has 0 unspecified atom stereocenters. The highest BCUT2D eigenvalue weighted by Crippen LogP contribution is 2.30. The first-order valence-electron chi connectivity index (χ1n) is 6.73. The lowest BCUT2D eigenvalue weighted by molar-refractivity contribution is -0.116. The molecule has 0 aliphatic carbocycles. The van der Waals surface area contributed by atoms with Crippen LogP contribution < -0.4 is 9.62 Å². The molecule has 0 atom stereocenters. The molecule has 2 rings (SSSR count). The number of anilines is 1. The molecule has 0 bridgehead atoms. The van der Waals surface area contributed by atoms with Crippen molar-refractivity contribution in [2.45, 2.75) is 37.7 Å². The lowest BCUT2D eigenvalue weighted by Gasteiger charge is -2.19. The highest BCUT2D eigenvalue weighted by Gasteiger charge is 2.26. The van der Waals surface area contributed by atoms with E-state index in [1.54, 1.807) is 11.0 Å². The molecule has 0 radical (unpaired) electrons. The van der Waals surface area contributed by atoms with Gasteiger partial charge in [-0.15, -0.1) is 0 Å². The molecule has 1 amide bonds. The molecule has 0 aromatic heterocycles. The normalized spacial score (nSPS) is 15.1. The number of nitrogens with one attached hydrogen (secondary N) is 1. The number of amides is 1. The SMILES string of the molecule is CC(=O)N1CCc2ccc(S(=O)(=O)NCC(C)(C)O)cc21. The lowest BCUT2D eigenvalue weighted by Crippen LogP contribution is -2.38. The molecule has 2 N–H and O–H groups in total. The third-order valence-electron chi connectivity index (χ3n) is 3.34. The molecule has 7 heteroatoms. The van der Waals surface area contributed by atoms with Crippen LogP contribution in [0.1, 0.15) is 26.3 Å². The van der Waals surface area contributed by atoms with E-state index in [1.807, 2.05) is 0 Å². The highest BCUT2D eigenvalue weighted by molar-refractivity contribution is 7.89. The van der Waals surface area contributed by atoms with Crippen LogP contribution in [0.15, 0.2) is 23.1 Å². The minimum absolute atomic E-state index is 0.0805. The maximum Gasteiger partial charge on any atom is 0.240 e. The summed E-state index contributed by atoms with van der Waals surface area (Å²) in [6.45, 7) is 5.00. The van der Waals surface area contributed by atoms with Gasteiger partial charge in [-0.05, 0) is 38.0 Å². The summed E-state index contributed by atoms with van der Waals surface area (Å²) in [5.74, 6) is -0.104. The summed E-state index contributed by atoms with van der Waals surface area (Å²) in [5.41, 5.74) is 0.482. The Morgan fingerprint density at radius 3 is 2.67 bits per heavy atom. The Morgan fingerprint density at radius 1 is 1.43 bits per heavy atom. The summed E-state index contributed by atoms with van der Waals surface area (Å²) in [6, 6.07) is 4.77. The van der Waals surface area contributed by atoms with Crippen molar-refractivity contribution in [2.24, 2.45) is 0 Å². The van der Waals surface area contributed by atoms with Crippen LogP contribution in [0, 0.1) is 0 Å². The Morgan fingerprint density at radius 2 is 2.10 bits per heavy atom. The summed E-state index contributed by atoms with van der Waals surface area (Å²) >= 11 is 0. The molecule has 0 saturated carbocycles. The second-order valence-electron chi connectivity index (χ2n) is 5.85. The molecule has 116 valence electrons. The first kappa shape index (κ1) is 15.9. The Balaban J connectivity index is 2.30. The fourth-order valence-corrected chi connectivity index (χ4v) is 3.43. The number of benzene rings is 1. The number of hydrogen-bond donors (Lipinski definition) is 2. The number of carbonyl (C=O) groups is 1. The minimum Gasteiger partial charge on any atom is -0.389 e. The summed E-state index contributed by atoms with van der Waals surface area (Å²) in [7, 11) is -3.71. The molecule has 1 aliphatic rings. The van der Waals surface area contributed by atoms with E-state index < -0.39 is 15.6 Å². The predicted octanol–water partition coefficient (Wildman–Crippen LogP) is 0.645. The fourth-order valence-electron chi connectivity index (χ4n) is 2.21. The van der Waals surface area contributed by atoms with E-state index in [-0.39, 0.29) is 17.3 Å². The molecule has 1 heterocycles. The van der Waals surface area contributed by atoms with Crippen LogP contribution in [0.3, 0.4) is 0 Å². The number of carbonyl (C=O) groups excluding carboxylic acids is 1. The third kappa shape index (κ3) is 3.61. The monoisotopic (exact) mass is 312 g/mol. The van der Waals surface area contributed by atoms with Crippen molar-refractivity contribution in [3.8, 4) is 0 Å². The van der Waals surface area contributed by atoms with Gasteiger partial charge in [0.25, 0.3) is 0 Å². The van der Waals surface area contributed by atoms with Crippen LogP contribution in [0.5, 0.6) is 0 Å². The van der Waals surface area contributed by atoms with Gasteiger partial charge in [-0.3, -0.25) is 4.79 Å². The quantitative estimate of drug-likeness (QED) is 0.854. The van der Waals surface area contributed by atoms with E-state index in [2.05, 4.69) is 4.72 Å². The molecule has 21 heavy (non-hydrogen) atoms. The standard InChI is InChI=1S/C14H20N2O4S/c1-10(17)16-7-6-11-4-5-12(8-13(11)16)21(19,20)15-9-14(2,3)18/h4-5,8,15,18H,6-7,9H2,1-3H3. The highest BCUT2D eigenvalue weighted by atomic mass is 32.2. The van der Waals surface area contributed by atoms with Gasteiger partial charge < -0.3 is 10.0 Å². The zero-order valence-corrected chi connectivity index (χ0v) is 13.2. The second kappa shape index (κ2) is 5.40. The van der Waals surface area contributed by atoms with E-state index >= 15 is 0 Å². The van der Waals surface area contributed by atoms with Crippen molar-refractivity contribution >= 4 is 21.6 Å². The number of aliphatic hydroxyl groups is 1. The van der Waals surface area contributed by atoms with Gasteiger partial charge in [0.2, 0.25) is 15.9 Å². The van der Waals surface area contributed by atoms with Crippen molar-refractivity contribution in [3.63, 3.8) is 0 Å². The van der Waals surface area contributed by atoms with Gasteiger partial charge in [-0.25, -0.2) is 13.1 Å². The molecule has 0 fully saturated rings. The molecular formula is C14H20N2O4S. The fraction of sp³-hybridized carbons (Fsp3) is 0.500. The van der Waals surface area contributed by atoms with Gasteiger partial charge in [-0.1, -0.05) is 6.07 Å². The Kier molecular flexibility index (Phi) is 4.10. The van der Waals surface area contributed by atoms with Crippen LogP contribution in [0.4, 0.5) is 5.69 Å². The van der Waals surface area contributed by atoms with Gasteiger partial charge in [-0.2, -0.15) is 0 Å². The van der Waals surface area contributed by atoms with E-state index in [1.165, 1.54) is 32.9 Å². The second-order valence-corrected chi connectivity index (χ2v) is 7.62. The van der Waals surface area contributed by atoms with Crippen LogP contribution in [-0.4, -0.2) is 38.1 Å². The number of nitrogens with zero attached hydrogens (tertiary/aromatic N) is 1. The Bertz CT molecular complexity index is 662. The topological polar surface area (TPSA) is 86.7 Å². The maximum atomic E-state index is 12.2. The van der Waals surface area contributed by atoms with Crippen LogP contribution in [-0.2, 0) is 21.2 Å². The average Bonchev–Trinajstić information content (AvgIpc) is 2.78. The van der Waals surface area contributed by atoms with Crippen molar-refractivity contribution in [2.75, 3.05) is 18.0 Å². The number of hydrogen-bond acceptors (Lipinski definition) is 4. The van der Waals surface area contributed by atoms with E-state index in [9.17, 15) is 18.3 Å². The van der Waals surface area contributed by atoms with Gasteiger partial charge in [0.15, 0.2) is 0 Å². The molecule has 1 aromatic rings. The first-order chi connectivity index (χ1) is 9.60. The minimum atomic E-state index is -3.71. The Labute approximate surface area is 124 Å². The third-order valence-corrected chi connectivity index (χ3v) is 4.74. The van der Waals surface area contributed by atoms with Crippen molar-refractivity contribution in [1.82, 2.24) is 4.72 Å². The molecule has 6 nitrogen and oxygen atoms in total. The summed E-state index contributed by atoms with van der Waals surface area (Å²) in [5, 5.41) is 9.62. The lowest BCUT2D eigenvalue weighted by atomic mass is 10.1. The number of sulfonamides is 1. The largest absolute Gasteiger partial charge is 0.389 e. The van der Waals surface area contributed by atoms with Gasteiger partial charge in [0.1, 0.15) is 0 Å². The molecule has 1 aromatic carbocycles. The van der Waals surface area contributed by atoms with Crippen LogP contribution >= 0.6 is 0 Å². The summed E-state index contributed by atoms with van der Waals surface area (Å²) in [4.78, 5) is 13.2. The van der Waals surface area contributed by atoms with Gasteiger partial charge >= 0.3 is 0 Å². The molecule has 0 spiro atoms. The van der Waals surface area contributed by atoms with Crippen molar-refractivity contribution in [1.29, 1.82) is 0 Å². The van der Waals surface area contributed by atoms with Crippen molar-refractivity contribution < 1.29 is 18.3 Å². The van der Waals surface area contributed by atoms with Crippen molar-refractivity contribution in [3.05, 3.63) is 23.8 Å². The van der Waals surface area contributed by atoms with E-state index in [0.29, 0.717) is 12.2 Å². The molecular weight excluding hydrogens is 292 g/mol. The van der Waals surface area contributed by atoms with E-state index in [4.69, 9.17) is 0 Å². The van der Waals surface area contributed by atoms with E-state index in [0.717, 1.165) is 12.0 Å². The average molecular weight is 312 g/mol. The van der Waals surface area contributed by atoms with Gasteiger partial charge in [0, 0.05) is 25.7 Å². The zero-order valence-electron chi connectivity index (χ0n) is 12.4. The predicted molar refractivity (Wildman–Crippen MR) is 79.7 cm³/mol. The number of rotatable bonds is 4. The molecule has 0 saturated heterocycles. The van der Waals surface area contributed by atoms with Gasteiger partial charge in [0.05, 0.1) is 10.5 Å². The molecule has 1 aliphatic heterocycles. The smallest absolute Gasteiger partial charge is 0.240 e. The maximum absolute atomic E-state index is 12.2. The Hall–Kier alpha value is -1.44. The summed E-state index contributed by atoms with van der Waals surface area (Å²) < 4.78 is 26.8. The summed E-state index contributed by atoms with van der Waals surface area (Å²) in [6.07, 6.45) is 0.729. The van der Waals surface area contributed by atoms with Crippen LogP contribution in [0.25, 0.3) is 0 Å². The first-order valence-corrected chi connectivity index (χ1v) is 8.21. The number of fused-ring (bicyclic) bond motifs is 1. The van der Waals surface area contributed by atoms with Crippen LogP contribution in [0.2, 0.25) is 0 Å².